The molecule has 2 amide bonds. The molecule has 1 saturated heterocycles. The molecule has 1 aliphatic heterocycles. The third kappa shape index (κ3) is 3.10. The number of benzene rings is 1. The van der Waals surface area contributed by atoms with Gasteiger partial charge in [-0.2, -0.15) is 5.10 Å². The fraction of sp³-hybridized carbons (Fsp3) is 0.438. The number of H-pyrrole nitrogens is 1. The molecule has 1 atom stereocenters. The molecule has 1 fully saturated rings. The summed E-state index contributed by atoms with van der Waals surface area (Å²) in [6.07, 6.45) is 2.17. The Labute approximate surface area is 129 Å². The molecule has 6 heteroatoms. The molecule has 22 heavy (non-hydrogen) atoms. The summed E-state index contributed by atoms with van der Waals surface area (Å²) in [6.45, 7) is 5.63. The summed E-state index contributed by atoms with van der Waals surface area (Å²) in [5.41, 5.74) is 2.16. The highest BCUT2D eigenvalue weighted by molar-refractivity contribution is 5.74. The number of aryl methyl sites for hydroxylation is 1. The molecular weight excluding hydrogens is 278 g/mol. The van der Waals surface area contributed by atoms with Crippen molar-refractivity contribution in [2.75, 3.05) is 13.1 Å². The number of carbonyl (C=O) groups is 1. The number of hydrogen-bond donors (Lipinski definition) is 2. The first-order valence-electron chi connectivity index (χ1n) is 7.68. The Morgan fingerprint density at radius 2 is 1.95 bits per heavy atom. The van der Waals surface area contributed by atoms with Crippen LogP contribution >= 0.6 is 0 Å². The number of amides is 2. The maximum atomic E-state index is 12.1. The fourth-order valence-electron chi connectivity index (χ4n) is 2.56. The molecule has 0 unspecified atom stereocenters. The van der Waals surface area contributed by atoms with Crippen molar-refractivity contribution in [3.05, 3.63) is 35.7 Å². The molecule has 1 aromatic carbocycles. The summed E-state index contributed by atoms with van der Waals surface area (Å²) in [4.78, 5) is 18.4. The number of likely N-dealkylation sites (tertiary alicyclic amines) is 1. The summed E-state index contributed by atoms with van der Waals surface area (Å²) in [6, 6.07) is 7.83. The van der Waals surface area contributed by atoms with E-state index < -0.39 is 0 Å². The largest absolute Gasteiger partial charge is 0.328 e. The van der Waals surface area contributed by atoms with Crippen LogP contribution in [0.15, 0.2) is 24.3 Å². The number of urea groups is 1. The third-order valence-electron chi connectivity index (χ3n) is 3.96. The SMILES string of the molecule is Cc1ccc(-c2n[nH]c([C@@H](C)NC(=O)N3CCCC3)n2)cc1. The summed E-state index contributed by atoms with van der Waals surface area (Å²) in [7, 11) is 0. The maximum absolute atomic E-state index is 12.1. The van der Waals surface area contributed by atoms with E-state index in [1.54, 1.807) is 0 Å². The summed E-state index contributed by atoms with van der Waals surface area (Å²) in [5.74, 6) is 1.32. The highest BCUT2D eigenvalue weighted by Crippen LogP contribution is 2.18. The zero-order valence-corrected chi connectivity index (χ0v) is 13.0. The molecule has 2 aromatic rings. The van der Waals surface area contributed by atoms with Crippen molar-refractivity contribution in [1.82, 2.24) is 25.4 Å². The topological polar surface area (TPSA) is 73.9 Å². The maximum Gasteiger partial charge on any atom is 0.317 e. The number of carbonyl (C=O) groups excluding carboxylic acids is 1. The average molecular weight is 299 g/mol. The van der Waals surface area contributed by atoms with Gasteiger partial charge in [-0.25, -0.2) is 9.78 Å². The van der Waals surface area contributed by atoms with Gasteiger partial charge in [0.05, 0.1) is 6.04 Å². The van der Waals surface area contributed by atoms with Crippen LogP contribution < -0.4 is 5.32 Å². The summed E-state index contributed by atoms with van der Waals surface area (Å²) >= 11 is 0. The molecule has 0 spiro atoms. The lowest BCUT2D eigenvalue weighted by Gasteiger charge is -2.19. The van der Waals surface area contributed by atoms with E-state index in [0.29, 0.717) is 11.6 Å². The van der Waals surface area contributed by atoms with Crippen molar-refractivity contribution in [2.24, 2.45) is 0 Å². The van der Waals surface area contributed by atoms with Gasteiger partial charge in [-0.3, -0.25) is 5.10 Å². The fourth-order valence-corrected chi connectivity index (χ4v) is 2.56. The normalized spacial score (nSPS) is 15.8. The minimum Gasteiger partial charge on any atom is -0.328 e. The van der Waals surface area contributed by atoms with Crippen LogP contribution in [-0.4, -0.2) is 39.2 Å². The smallest absolute Gasteiger partial charge is 0.317 e. The molecule has 0 bridgehead atoms. The first-order chi connectivity index (χ1) is 10.6. The molecule has 0 aliphatic carbocycles. The van der Waals surface area contributed by atoms with Crippen molar-refractivity contribution in [3.63, 3.8) is 0 Å². The van der Waals surface area contributed by atoms with E-state index >= 15 is 0 Å². The number of hydrogen-bond acceptors (Lipinski definition) is 3. The van der Waals surface area contributed by atoms with Crippen LogP contribution in [-0.2, 0) is 0 Å². The molecule has 2 N–H and O–H groups in total. The Kier molecular flexibility index (Phi) is 4.09. The predicted octanol–water partition coefficient (Wildman–Crippen LogP) is 2.65. The third-order valence-corrected chi connectivity index (χ3v) is 3.96. The minimum absolute atomic E-state index is 0.0294. The number of nitrogens with zero attached hydrogens (tertiary/aromatic N) is 3. The van der Waals surface area contributed by atoms with Gasteiger partial charge in [0.25, 0.3) is 0 Å². The van der Waals surface area contributed by atoms with Gasteiger partial charge in [-0.05, 0) is 26.7 Å². The van der Waals surface area contributed by atoms with Gasteiger partial charge >= 0.3 is 6.03 Å². The Morgan fingerprint density at radius 3 is 2.64 bits per heavy atom. The summed E-state index contributed by atoms with van der Waals surface area (Å²) < 4.78 is 0. The van der Waals surface area contributed by atoms with Crippen LogP contribution in [0.25, 0.3) is 11.4 Å². The lowest BCUT2D eigenvalue weighted by Crippen LogP contribution is -2.39. The second-order valence-electron chi connectivity index (χ2n) is 5.78. The lowest BCUT2D eigenvalue weighted by molar-refractivity contribution is 0.205. The van der Waals surface area contributed by atoms with Gasteiger partial charge in [-0.15, -0.1) is 0 Å². The van der Waals surface area contributed by atoms with E-state index in [1.807, 2.05) is 43.0 Å². The molecule has 1 aliphatic rings. The van der Waals surface area contributed by atoms with Crippen molar-refractivity contribution in [3.8, 4) is 11.4 Å². The van der Waals surface area contributed by atoms with Crippen molar-refractivity contribution in [2.45, 2.75) is 32.7 Å². The molecule has 116 valence electrons. The summed E-state index contributed by atoms with van der Waals surface area (Å²) in [5, 5.41) is 10.1. The van der Waals surface area contributed by atoms with Crippen LogP contribution in [0.5, 0.6) is 0 Å². The predicted molar refractivity (Wildman–Crippen MR) is 84.3 cm³/mol. The van der Waals surface area contributed by atoms with E-state index in [4.69, 9.17) is 0 Å². The van der Waals surface area contributed by atoms with Crippen LogP contribution in [0, 0.1) is 6.92 Å². The monoisotopic (exact) mass is 299 g/mol. The zero-order valence-electron chi connectivity index (χ0n) is 13.0. The average Bonchev–Trinajstić information content (AvgIpc) is 3.20. The Morgan fingerprint density at radius 1 is 1.27 bits per heavy atom. The van der Waals surface area contributed by atoms with E-state index in [-0.39, 0.29) is 12.1 Å². The Bertz CT molecular complexity index is 643. The first-order valence-corrected chi connectivity index (χ1v) is 7.68. The van der Waals surface area contributed by atoms with Gasteiger partial charge in [0.2, 0.25) is 0 Å². The van der Waals surface area contributed by atoms with Crippen LogP contribution in [0.2, 0.25) is 0 Å². The van der Waals surface area contributed by atoms with Gasteiger partial charge in [0, 0.05) is 18.7 Å². The van der Waals surface area contributed by atoms with E-state index in [2.05, 4.69) is 20.5 Å². The molecule has 1 aromatic heterocycles. The minimum atomic E-state index is -0.195. The van der Waals surface area contributed by atoms with Crippen molar-refractivity contribution >= 4 is 6.03 Å². The quantitative estimate of drug-likeness (QED) is 0.915. The number of nitrogens with one attached hydrogen (secondary N) is 2. The van der Waals surface area contributed by atoms with Gasteiger partial charge in [-0.1, -0.05) is 29.8 Å². The Balaban J connectivity index is 1.67. The van der Waals surface area contributed by atoms with Crippen molar-refractivity contribution < 1.29 is 4.79 Å². The van der Waals surface area contributed by atoms with Gasteiger partial charge in [0.15, 0.2) is 5.82 Å². The standard InChI is InChI=1S/C16H21N5O/c1-11-5-7-13(8-6-11)15-18-14(19-20-15)12(2)17-16(22)21-9-3-4-10-21/h5-8,12H,3-4,9-10H2,1-2H3,(H,17,22)(H,18,19,20)/t12-/m1/s1. The Hall–Kier alpha value is -2.37. The van der Waals surface area contributed by atoms with Crippen molar-refractivity contribution in [1.29, 1.82) is 0 Å². The van der Waals surface area contributed by atoms with Crippen LogP contribution in [0.3, 0.4) is 0 Å². The molecule has 6 nitrogen and oxygen atoms in total. The first kappa shape index (κ1) is 14.6. The second-order valence-corrected chi connectivity index (χ2v) is 5.78. The van der Waals surface area contributed by atoms with Gasteiger partial charge < -0.3 is 10.2 Å². The number of aromatic amines is 1. The molecule has 3 rings (SSSR count). The molecule has 0 radical (unpaired) electrons. The number of aromatic nitrogens is 3. The number of rotatable bonds is 3. The van der Waals surface area contributed by atoms with Gasteiger partial charge in [0.1, 0.15) is 5.82 Å². The van der Waals surface area contributed by atoms with E-state index in [9.17, 15) is 4.79 Å². The van der Waals surface area contributed by atoms with E-state index in [0.717, 1.165) is 31.5 Å². The highest BCUT2D eigenvalue weighted by atomic mass is 16.2. The van der Waals surface area contributed by atoms with E-state index in [1.165, 1.54) is 5.56 Å². The lowest BCUT2D eigenvalue weighted by atomic mass is 10.1. The van der Waals surface area contributed by atoms with Crippen LogP contribution in [0.1, 0.15) is 37.2 Å². The zero-order chi connectivity index (χ0) is 15.5. The molecule has 2 heterocycles. The molecular formula is C16H21N5O. The second kappa shape index (κ2) is 6.17. The molecule has 0 saturated carbocycles. The van der Waals surface area contributed by atoms with Crippen LogP contribution in [0.4, 0.5) is 4.79 Å². The highest BCUT2D eigenvalue weighted by Gasteiger charge is 2.21.